The first-order chi connectivity index (χ1) is 8.22. The lowest BCUT2D eigenvalue weighted by Gasteiger charge is -2.05. The Morgan fingerprint density at radius 1 is 1.29 bits per heavy atom. The molecule has 0 amide bonds. The Bertz CT molecular complexity index is 312. The van der Waals surface area contributed by atoms with E-state index in [1.807, 2.05) is 38.1 Å². The molecular formula is C13H20BrNO2. The van der Waals surface area contributed by atoms with E-state index in [1.165, 1.54) is 7.11 Å². The molecule has 0 saturated carbocycles. The number of carbonyl (C=O) groups is 1. The molecule has 0 saturated heterocycles. The molecule has 1 rings (SSSR count). The summed E-state index contributed by atoms with van der Waals surface area (Å²) in [6.45, 7) is 4.77. The second-order valence-electron chi connectivity index (χ2n) is 3.11. The summed E-state index contributed by atoms with van der Waals surface area (Å²) < 4.78 is 5.60. The average Bonchev–Trinajstić information content (AvgIpc) is 2.39. The number of benzene rings is 1. The van der Waals surface area contributed by atoms with Crippen LogP contribution in [0.4, 0.5) is 5.69 Å². The van der Waals surface area contributed by atoms with Crippen LogP contribution in [0.2, 0.25) is 0 Å². The van der Waals surface area contributed by atoms with Crippen LogP contribution in [0.25, 0.3) is 0 Å². The molecule has 0 aliphatic carbocycles. The molecule has 4 heteroatoms. The van der Waals surface area contributed by atoms with Crippen molar-refractivity contribution in [1.82, 2.24) is 0 Å². The Balaban J connectivity index is 0.00000121. The van der Waals surface area contributed by atoms with Crippen molar-refractivity contribution in [1.29, 1.82) is 0 Å². The molecule has 0 fully saturated rings. The predicted molar refractivity (Wildman–Crippen MR) is 75.2 cm³/mol. The summed E-state index contributed by atoms with van der Waals surface area (Å²) in [6.07, 6.45) is 1.24. The number of rotatable bonds is 5. The monoisotopic (exact) mass is 301 g/mol. The minimum atomic E-state index is -0.160. The number of methoxy groups -OCH3 is 1. The number of nitrogens with one attached hydrogen (secondary N) is 1. The summed E-state index contributed by atoms with van der Waals surface area (Å²) in [5.41, 5.74) is 1.06. The Hall–Kier alpha value is -1.03. The number of halogens is 1. The van der Waals surface area contributed by atoms with Crippen molar-refractivity contribution in [2.24, 2.45) is 0 Å². The van der Waals surface area contributed by atoms with Crippen LogP contribution in [-0.2, 0) is 9.53 Å². The maximum atomic E-state index is 10.8. The second kappa shape index (κ2) is 10.1. The van der Waals surface area contributed by atoms with Crippen molar-refractivity contribution >= 4 is 27.6 Å². The summed E-state index contributed by atoms with van der Waals surface area (Å²) in [5, 5.41) is 3.22. The zero-order valence-electron chi connectivity index (χ0n) is 10.6. The molecule has 1 aromatic rings. The standard InChI is InChI=1S/C11H14BrNO2.C2H6/c1-15-11(14)3-2-8-13-10-6-4-9(12)5-7-10;1-2/h4-7,13H,2-3,8H2,1H3;1-2H3. The van der Waals surface area contributed by atoms with Crippen LogP contribution in [0.1, 0.15) is 26.7 Å². The first kappa shape index (κ1) is 16.0. The van der Waals surface area contributed by atoms with E-state index in [0.717, 1.165) is 23.1 Å². The van der Waals surface area contributed by atoms with Gasteiger partial charge in [-0.2, -0.15) is 0 Å². The molecule has 1 aromatic carbocycles. The molecule has 0 aliphatic heterocycles. The van der Waals surface area contributed by atoms with Gasteiger partial charge in [-0.25, -0.2) is 0 Å². The van der Waals surface area contributed by atoms with Gasteiger partial charge in [-0.15, -0.1) is 0 Å². The van der Waals surface area contributed by atoms with Crippen LogP contribution in [0.15, 0.2) is 28.7 Å². The van der Waals surface area contributed by atoms with Gasteiger partial charge in [0, 0.05) is 23.1 Å². The molecule has 96 valence electrons. The highest BCUT2D eigenvalue weighted by Gasteiger charge is 1.98. The van der Waals surface area contributed by atoms with Crippen molar-refractivity contribution in [3.63, 3.8) is 0 Å². The Labute approximate surface area is 112 Å². The molecule has 0 unspecified atom stereocenters. The third-order valence-corrected chi connectivity index (χ3v) is 2.49. The normalized spacial score (nSPS) is 8.94. The minimum Gasteiger partial charge on any atom is -0.469 e. The van der Waals surface area contributed by atoms with E-state index in [1.54, 1.807) is 0 Å². The van der Waals surface area contributed by atoms with Crippen LogP contribution in [0.5, 0.6) is 0 Å². The van der Waals surface area contributed by atoms with Gasteiger partial charge >= 0.3 is 5.97 Å². The van der Waals surface area contributed by atoms with Crippen molar-refractivity contribution in [3.8, 4) is 0 Å². The predicted octanol–water partition coefficient (Wildman–Crippen LogP) is 3.84. The molecule has 0 atom stereocenters. The number of hydrogen-bond acceptors (Lipinski definition) is 3. The van der Waals surface area contributed by atoms with Gasteiger partial charge in [0.1, 0.15) is 0 Å². The Morgan fingerprint density at radius 3 is 2.41 bits per heavy atom. The Kier molecular flexibility index (Phi) is 9.53. The largest absolute Gasteiger partial charge is 0.469 e. The van der Waals surface area contributed by atoms with E-state index in [2.05, 4.69) is 26.0 Å². The summed E-state index contributed by atoms with van der Waals surface area (Å²) in [5.74, 6) is -0.160. The lowest BCUT2D eigenvalue weighted by atomic mass is 10.3. The van der Waals surface area contributed by atoms with Crippen molar-refractivity contribution in [2.45, 2.75) is 26.7 Å². The molecule has 3 nitrogen and oxygen atoms in total. The number of ether oxygens (including phenoxy) is 1. The van der Waals surface area contributed by atoms with Gasteiger partial charge in [-0.3, -0.25) is 4.79 Å². The van der Waals surface area contributed by atoms with Gasteiger partial charge in [-0.05, 0) is 30.7 Å². The fraction of sp³-hybridized carbons (Fsp3) is 0.462. The van der Waals surface area contributed by atoms with Gasteiger partial charge in [0.15, 0.2) is 0 Å². The molecule has 0 spiro atoms. The quantitative estimate of drug-likeness (QED) is 0.663. The molecule has 0 aliphatic rings. The Morgan fingerprint density at radius 2 is 1.88 bits per heavy atom. The zero-order chi connectivity index (χ0) is 13.1. The van der Waals surface area contributed by atoms with E-state index in [0.29, 0.717) is 6.42 Å². The maximum Gasteiger partial charge on any atom is 0.305 e. The number of anilines is 1. The second-order valence-corrected chi connectivity index (χ2v) is 4.03. The van der Waals surface area contributed by atoms with Crippen molar-refractivity contribution in [2.75, 3.05) is 19.0 Å². The van der Waals surface area contributed by atoms with Gasteiger partial charge in [0.2, 0.25) is 0 Å². The van der Waals surface area contributed by atoms with Gasteiger partial charge in [0.25, 0.3) is 0 Å². The average molecular weight is 302 g/mol. The molecule has 0 heterocycles. The number of hydrogen-bond donors (Lipinski definition) is 1. The third kappa shape index (κ3) is 7.80. The molecular weight excluding hydrogens is 282 g/mol. The summed E-state index contributed by atoms with van der Waals surface area (Å²) in [7, 11) is 1.41. The first-order valence-corrected chi connectivity index (χ1v) is 6.58. The summed E-state index contributed by atoms with van der Waals surface area (Å²) >= 11 is 3.37. The highest BCUT2D eigenvalue weighted by atomic mass is 79.9. The van der Waals surface area contributed by atoms with Crippen LogP contribution in [0.3, 0.4) is 0 Å². The van der Waals surface area contributed by atoms with E-state index in [9.17, 15) is 4.79 Å². The first-order valence-electron chi connectivity index (χ1n) is 5.78. The summed E-state index contributed by atoms with van der Waals surface area (Å²) in [6, 6.07) is 7.93. The minimum absolute atomic E-state index is 0.160. The van der Waals surface area contributed by atoms with Gasteiger partial charge < -0.3 is 10.1 Å². The molecule has 0 radical (unpaired) electrons. The molecule has 17 heavy (non-hydrogen) atoms. The fourth-order valence-corrected chi connectivity index (χ4v) is 1.40. The van der Waals surface area contributed by atoms with E-state index in [-0.39, 0.29) is 5.97 Å². The lowest BCUT2D eigenvalue weighted by molar-refractivity contribution is -0.140. The van der Waals surface area contributed by atoms with Crippen molar-refractivity contribution < 1.29 is 9.53 Å². The lowest BCUT2D eigenvalue weighted by Crippen LogP contribution is -2.06. The van der Waals surface area contributed by atoms with Crippen LogP contribution in [-0.4, -0.2) is 19.6 Å². The van der Waals surface area contributed by atoms with E-state index >= 15 is 0 Å². The van der Waals surface area contributed by atoms with Crippen molar-refractivity contribution in [3.05, 3.63) is 28.7 Å². The molecule has 0 bridgehead atoms. The zero-order valence-corrected chi connectivity index (χ0v) is 12.2. The number of carbonyl (C=O) groups excluding carboxylic acids is 1. The molecule has 1 N–H and O–H groups in total. The van der Waals surface area contributed by atoms with Crippen LogP contribution >= 0.6 is 15.9 Å². The SMILES string of the molecule is CC.COC(=O)CCCNc1ccc(Br)cc1. The highest BCUT2D eigenvalue weighted by molar-refractivity contribution is 9.10. The smallest absolute Gasteiger partial charge is 0.305 e. The number of esters is 1. The molecule has 0 aromatic heterocycles. The van der Waals surface area contributed by atoms with Gasteiger partial charge in [-0.1, -0.05) is 29.8 Å². The maximum absolute atomic E-state index is 10.8. The highest BCUT2D eigenvalue weighted by Crippen LogP contribution is 2.13. The van der Waals surface area contributed by atoms with Crippen LogP contribution in [0, 0.1) is 0 Å². The third-order valence-electron chi connectivity index (χ3n) is 1.96. The van der Waals surface area contributed by atoms with Gasteiger partial charge in [0.05, 0.1) is 7.11 Å². The summed E-state index contributed by atoms with van der Waals surface area (Å²) in [4.78, 5) is 10.8. The van der Waals surface area contributed by atoms with Crippen LogP contribution < -0.4 is 5.32 Å². The fourth-order valence-electron chi connectivity index (χ4n) is 1.14. The van der Waals surface area contributed by atoms with E-state index in [4.69, 9.17) is 0 Å². The van der Waals surface area contributed by atoms with E-state index < -0.39 is 0 Å². The topological polar surface area (TPSA) is 38.3 Å².